The number of aryl methyl sites for hydroxylation is 1. The van der Waals surface area contributed by atoms with Crippen LogP contribution in [0.4, 0.5) is 0 Å². The van der Waals surface area contributed by atoms with E-state index in [1.54, 1.807) is 0 Å². The predicted molar refractivity (Wildman–Crippen MR) is 56.7 cm³/mol. The van der Waals surface area contributed by atoms with Gasteiger partial charge >= 0.3 is 0 Å². The molecule has 0 radical (unpaired) electrons. The number of nitrogens with one attached hydrogen (secondary N) is 1. The van der Waals surface area contributed by atoms with Crippen molar-refractivity contribution in [2.45, 2.75) is 19.8 Å². The Morgan fingerprint density at radius 1 is 1.40 bits per heavy atom. The summed E-state index contributed by atoms with van der Waals surface area (Å²) >= 11 is 0. The molecule has 84 valence electrons. The minimum Gasteiger partial charge on any atom is -0.339 e. The Hall–Kier alpha value is -0.940. The van der Waals surface area contributed by atoms with Crippen LogP contribution in [-0.2, 0) is 6.42 Å². The minimum atomic E-state index is 0.725. The van der Waals surface area contributed by atoms with Gasteiger partial charge in [0.2, 0.25) is 5.89 Å². The molecule has 0 aliphatic carbocycles. The molecule has 15 heavy (non-hydrogen) atoms. The summed E-state index contributed by atoms with van der Waals surface area (Å²) in [5.41, 5.74) is 0. The molecule has 0 unspecified atom stereocenters. The number of nitrogens with zero attached hydrogens (tertiary/aromatic N) is 3. The number of rotatable bonds is 3. The van der Waals surface area contributed by atoms with Gasteiger partial charge in [0, 0.05) is 26.1 Å². The molecule has 1 N–H and O–H groups in total. The molecular weight excluding hydrogens is 192 g/mol. The van der Waals surface area contributed by atoms with Gasteiger partial charge in [0.05, 0.1) is 0 Å². The average Bonchev–Trinajstić information content (AvgIpc) is 2.52. The lowest BCUT2D eigenvalue weighted by Crippen LogP contribution is -2.30. The fourth-order valence-electron chi connectivity index (χ4n) is 1.82. The molecule has 0 saturated carbocycles. The molecule has 0 spiro atoms. The topological polar surface area (TPSA) is 54.2 Å². The second kappa shape index (κ2) is 5.23. The Labute approximate surface area is 89.8 Å². The second-order valence-corrected chi connectivity index (χ2v) is 3.93. The van der Waals surface area contributed by atoms with Gasteiger partial charge in [-0.15, -0.1) is 0 Å². The van der Waals surface area contributed by atoms with Gasteiger partial charge in [-0.2, -0.15) is 4.98 Å². The molecule has 1 aliphatic heterocycles. The van der Waals surface area contributed by atoms with Crippen LogP contribution >= 0.6 is 0 Å². The largest absolute Gasteiger partial charge is 0.339 e. The molecule has 1 fully saturated rings. The van der Waals surface area contributed by atoms with Gasteiger partial charge in [-0.25, -0.2) is 0 Å². The quantitative estimate of drug-likeness (QED) is 0.773. The second-order valence-electron chi connectivity index (χ2n) is 3.93. The lowest BCUT2D eigenvalue weighted by Gasteiger charge is -2.17. The van der Waals surface area contributed by atoms with E-state index in [-0.39, 0.29) is 0 Å². The van der Waals surface area contributed by atoms with Crippen molar-refractivity contribution in [3.8, 4) is 0 Å². The van der Waals surface area contributed by atoms with Gasteiger partial charge in [0.15, 0.2) is 5.82 Å². The zero-order valence-electron chi connectivity index (χ0n) is 9.20. The average molecular weight is 210 g/mol. The van der Waals surface area contributed by atoms with E-state index in [9.17, 15) is 0 Å². The maximum absolute atomic E-state index is 5.08. The molecule has 2 heterocycles. The van der Waals surface area contributed by atoms with E-state index in [2.05, 4.69) is 20.4 Å². The van der Waals surface area contributed by atoms with E-state index in [0.717, 1.165) is 44.3 Å². The predicted octanol–water partition coefficient (Wildman–Crippen LogP) is 0.216. The van der Waals surface area contributed by atoms with Crippen molar-refractivity contribution in [1.29, 1.82) is 0 Å². The third-order valence-electron chi connectivity index (χ3n) is 2.64. The molecule has 0 bridgehead atoms. The Kier molecular flexibility index (Phi) is 3.69. The van der Waals surface area contributed by atoms with Crippen LogP contribution in [0.5, 0.6) is 0 Å². The first kappa shape index (κ1) is 10.6. The fraction of sp³-hybridized carbons (Fsp3) is 0.800. The molecule has 5 nitrogen and oxygen atoms in total. The van der Waals surface area contributed by atoms with Gasteiger partial charge in [0.25, 0.3) is 0 Å². The Balaban J connectivity index is 1.76. The Morgan fingerprint density at radius 3 is 3.13 bits per heavy atom. The van der Waals surface area contributed by atoms with E-state index in [1.165, 1.54) is 13.0 Å². The normalized spacial score (nSPS) is 19.0. The van der Waals surface area contributed by atoms with Gasteiger partial charge < -0.3 is 14.7 Å². The highest BCUT2D eigenvalue weighted by Crippen LogP contribution is 2.01. The highest BCUT2D eigenvalue weighted by molar-refractivity contribution is 4.84. The van der Waals surface area contributed by atoms with Gasteiger partial charge in [0.1, 0.15) is 0 Å². The maximum Gasteiger partial charge on any atom is 0.227 e. The van der Waals surface area contributed by atoms with Crippen molar-refractivity contribution in [2.75, 3.05) is 32.7 Å². The Morgan fingerprint density at radius 2 is 2.33 bits per heavy atom. The van der Waals surface area contributed by atoms with Crippen LogP contribution in [0.2, 0.25) is 0 Å². The summed E-state index contributed by atoms with van der Waals surface area (Å²) in [5, 5.41) is 7.17. The van der Waals surface area contributed by atoms with Crippen molar-refractivity contribution in [3.63, 3.8) is 0 Å². The third kappa shape index (κ3) is 3.28. The zero-order chi connectivity index (χ0) is 10.5. The first-order valence-corrected chi connectivity index (χ1v) is 5.57. The van der Waals surface area contributed by atoms with E-state index in [1.807, 2.05) is 6.92 Å². The van der Waals surface area contributed by atoms with Crippen LogP contribution in [0.15, 0.2) is 4.52 Å². The SMILES string of the molecule is Cc1noc(CCN2CCCNCC2)n1. The Bertz CT molecular complexity index is 291. The van der Waals surface area contributed by atoms with E-state index in [4.69, 9.17) is 4.52 Å². The third-order valence-corrected chi connectivity index (χ3v) is 2.64. The van der Waals surface area contributed by atoms with Crippen LogP contribution < -0.4 is 5.32 Å². The van der Waals surface area contributed by atoms with Crippen molar-refractivity contribution in [3.05, 3.63) is 11.7 Å². The summed E-state index contributed by atoms with van der Waals surface area (Å²) in [6.07, 6.45) is 2.09. The highest BCUT2D eigenvalue weighted by Gasteiger charge is 2.10. The fourth-order valence-corrected chi connectivity index (χ4v) is 1.82. The van der Waals surface area contributed by atoms with Gasteiger partial charge in [-0.05, 0) is 26.4 Å². The molecule has 1 aromatic rings. The summed E-state index contributed by atoms with van der Waals surface area (Å²) in [6.45, 7) is 7.37. The molecular formula is C10H18N4O. The molecule has 5 heteroatoms. The van der Waals surface area contributed by atoms with Crippen LogP contribution in [0.25, 0.3) is 0 Å². The molecule has 1 saturated heterocycles. The number of hydrogen-bond donors (Lipinski definition) is 1. The summed E-state index contributed by atoms with van der Waals surface area (Å²) in [6, 6.07) is 0. The summed E-state index contributed by atoms with van der Waals surface area (Å²) in [7, 11) is 0. The summed E-state index contributed by atoms with van der Waals surface area (Å²) in [5.74, 6) is 1.48. The maximum atomic E-state index is 5.08. The molecule has 0 atom stereocenters. The molecule has 1 aliphatic rings. The standard InChI is InChI=1S/C10H18N4O/c1-9-12-10(15-13-9)3-7-14-6-2-4-11-5-8-14/h11H,2-8H2,1H3. The molecule has 0 aromatic carbocycles. The van der Waals surface area contributed by atoms with Crippen LogP contribution in [0.1, 0.15) is 18.1 Å². The lowest BCUT2D eigenvalue weighted by molar-refractivity contribution is 0.278. The van der Waals surface area contributed by atoms with E-state index >= 15 is 0 Å². The molecule has 0 amide bonds. The van der Waals surface area contributed by atoms with Crippen LogP contribution in [0, 0.1) is 6.92 Å². The molecule has 1 aromatic heterocycles. The van der Waals surface area contributed by atoms with Crippen molar-refractivity contribution >= 4 is 0 Å². The van der Waals surface area contributed by atoms with Crippen molar-refractivity contribution in [2.24, 2.45) is 0 Å². The van der Waals surface area contributed by atoms with Crippen molar-refractivity contribution in [1.82, 2.24) is 20.4 Å². The van der Waals surface area contributed by atoms with Gasteiger partial charge in [-0.3, -0.25) is 0 Å². The van der Waals surface area contributed by atoms with Crippen LogP contribution in [0.3, 0.4) is 0 Å². The first-order chi connectivity index (χ1) is 7.34. The van der Waals surface area contributed by atoms with E-state index in [0.29, 0.717) is 0 Å². The lowest BCUT2D eigenvalue weighted by atomic mass is 10.3. The number of hydrogen-bond acceptors (Lipinski definition) is 5. The van der Waals surface area contributed by atoms with Crippen molar-refractivity contribution < 1.29 is 4.52 Å². The zero-order valence-corrected chi connectivity index (χ0v) is 9.20. The number of aromatic nitrogens is 2. The summed E-state index contributed by atoms with van der Waals surface area (Å²) < 4.78 is 5.08. The highest BCUT2D eigenvalue weighted by atomic mass is 16.5. The van der Waals surface area contributed by atoms with Gasteiger partial charge in [-0.1, -0.05) is 5.16 Å². The molecule has 2 rings (SSSR count). The first-order valence-electron chi connectivity index (χ1n) is 5.57. The van der Waals surface area contributed by atoms with E-state index < -0.39 is 0 Å². The summed E-state index contributed by atoms with van der Waals surface area (Å²) in [4.78, 5) is 6.64. The van der Waals surface area contributed by atoms with Crippen LogP contribution in [-0.4, -0.2) is 47.8 Å². The smallest absolute Gasteiger partial charge is 0.227 e. The monoisotopic (exact) mass is 210 g/mol. The minimum absolute atomic E-state index is 0.725.